The van der Waals surface area contributed by atoms with Gasteiger partial charge in [0.05, 0.1) is 12.0 Å². The average molecular weight is 370 g/mol. The first-order chi connectivity index (χ1) is 11.0. The fourth-order valence-electron chi connectivity index (χ4n) is 3.37. The second-order valence-electron chi connectivity index (χ2n) is 6.78. The van der Waals surface area contributed by atoms with Gasteiger partial charge in [0.2, 0.25) is 5.60 Å². The van der Waals surface area contributed by atoms with Crippen molar-refractivity contribution in [3.8, 4) is 0 Å². The van der Waals surface area contributed by atoms with Gasteiger partial charge in [-0.3, -0.25) is 4.79 Å². The monoisotopic (exact) mass is 370 g/mol. The van der Waals surface area contributed by atoms with Crippen LogP contribution in [0.3, 0.4) is 0 Å². The van der Waals surface area contributed by atoms with Crippen LogP contribution in [-0.2, 0) is 28.4 Å². The number of halogens is 2. The molecule has 1 heterocycles. The Kier molecular flexibility index (Phi) is 5.16. The number of ether oxygens (including phenoxy) is 2. The summed E-state index contributed by atoms with van der Waals surface area (Å²) in [6.07, 6.45) is 0.0837. The minimum Gasteiger partial charge on any atom is -0.463 e. The van der Waals surface area contributed by atoms with Gasteiger partial charge in [-0.2, -0.15) is 8.78 Å². The van der Waals surface area contributed by atoms with E-state index in [1.807, 2.05) is 0 Å². The van der Waals surface area contributed by atoms with Crippen molar-refractivity contribution in [1.29, 1.82) is 0 Å². The van der Waals surface area contributed by atoms with Crippen molar-refractivity contribution in [3.05, 3.63) is 0 Å². The molecule has 7 nitrogen and oxygen atoms in total. The Morgan fingerprint density at radius 3 is 2.54 bits per heavy atom. The van der Waals surface area contributed by atoms with E-state index < -0.39 is 40.0 Å². The summed E-state index contributed by atoms with van der Waals surface area (Å²) in [4.78, 5) is 24.5. The second kappa shape index (κ2) is 6.40. The molecule has 1 N–H and O–H groups in total. The Balaban J connectivity index is 1.89. The average Bonchev–Trinajstić information content (AvgIpc) is 2.80. The van der Waals surface area contributed by atoms with Crippen molar-refractivity contribution in [2.24, 2.45) is 10.8 Å². The van der Waals surface area contributed by atoms with Crippen LogP contribution in [-0.4, -0.2) is 34.7 Å². The fourth-order valence-corrected chi connectivity index (χ4v) is 3.73. The summed E-state index contributed by atoms with van der Waals surface area (Å²) in [6, 6.07) is 0. The van der Waals surface area contributed by atoms with E-state index in [1.54, 1.807) is 20.8 Å². The van der Waals surface area contributed by atoms with Crippen LogP contribution in [0.1, 0.15) is 46.5 Å². The molecule has 0 amide bonds. The topological polar surface area (TPSA) is 91.3 Å². The van der Waals surface area contributed by atoms with E-state index in [2.05, 4.69) is 9.37 Å². The summed E-state index contributed by atoms with van der Waals surface area (Å²) in [5.41, 5.74) is -2.85. The Bertz CT molecular complexity index is 527. The molecule has 10 heteroatoms. The third kappa shape index (κ3) is 2.89. The van der Waals surface area contributed by atoms with Crippen LogP contribution < -0.4 is 0 Å². The Morgan fingerprint density at radius 2 is 2.04 bits per heavy atom. The molecule has 2 rings (SSSR count). The first kappa shape index (κ1) is 19.4. The van der Waals surface area contributed by atoms with Crippen LogP contribution in [0.25, 0.3) is 0 Å². The molecule has 138 valence electrons. The number of rotatable bonds is 8. The standard InChI is InChI=1S/C14H20F2O7S/c1-11(2)12(3)6-7-13(11,21-9(12)17)10(18)20-8-4-5-14(15,16)24-23-22-19/h19H,4-8H2,1-3H3. The number of carbonyl (C=O) groups is 2. The molecule has 1 saturated heterocycles. The van der Waals surface area contributed by atoms with Crippen molar-refractivity contribution >= 4 is 24.0 Å². The molecule has 2 fully saturated rings. The number of hydrogen-bond donors (Lipinski definition) is 1. The van der Waals surface area contributed by atoms with Gasteiger partial charge in [0.1, 0.15) is 12.0 Å². The number of esters is 2. The lowest BCUT2D eigenvalue weighted by molar-refractivity contribution is -0.433. The summed E-state index contributed by atoms with van der Waals surface area (Å²) >= 11 is -0.343. The predicted octanol–water partition coefficient (Wildman–Crippen LogP) is 3.09. The first-order valence-corrected chi connectivity index (χ1v) is 8.21. The molecule has 1 aliphatic heterocycles. The summed E-state index contributed by atoms with van der Waals surface area (Å²) in [5.74, 6) is -1.13. The predicted molar refractivity (Wildman–Crippen MR) is 77.5 cm³/mol. The van der Waals surface area contributed by atoms with Gasteiger partial charge < -0.3 is 9.47 Å². The maximum Gasteiger partial charge on any atom is 0.351 e. The highest BCUT2D eigenvalue weighted by molar-refractivity contribution is 7.95. The molecule has 24 heavy (non-hydrogen) atoms. The molecule has 0 aromatic carbocycles. The molecular formula is C14H20F2O7S. The van der Waals surface area contributed by atoms with Crippen molar-refractivity contribution in [2.45, 2.75) is 57.3 Å². The van der Waals surface area contributed by atoms with Gasteiger partial charge in [-0.1, -0.05) is 18.9 Å². The third-order valence-electron chi connectivity index (χ3n) is 5.44. The van der Waals surface area contributed by atoms with Crippen molar-refractivity contribution in [1.82, 2.24) is 0 Å². The van der Waals surface area contributed by atoms with Gasteiger partial charge in [0.15, 0.2) is 0 Å². The summed E-state index contributed by atoms with van der Waals surface area (Å²) in [7, 11) is 0. The molecule has 1 aliphatic carbocycles. The Morgan fingerprint density at radius 1 is 1.38 bits per heavy atom. The van der Waals surface area contributed by atoms with Gasteiger partial charge in [0, 0.05) is 11.8 Å². The van der Waals surface area contributed by atoms with Crippen LogP contribution in [0.4, 0.5) is 8.78 Å². The maximum atomic E-state index is 13.2. The zero-order valence-electron chi connectivity index (χ0n) is 13.6. The largest absolute Gasteiger partial charge is 0.463 e. The van der Waals surface area contributed by atoms with Crippen LogP contribution in [0.2, 0.25) is 0 Å². The SMILES string of the molecule is CC12CCC(C(=O)OCCCC(F)(F)SOOO)(OC1=O)C2(C)C. The number of alkyl halides is 2. The Hall–Kier alpha value is -0.970. The van der Waals surface area contributed by atoms with E-state index >= 15 is 0 Å². The van der Waals surface area contributed by atoms with Crippen LogP contribution in [0.5, 0.6) is 0 Å². The molecular weight excluding hydrogens is 350 g/mol. The van der Waals surface area contributed by atoms with Gasteiger partial charge in [0.25, 0.3) is 0 Å². The van der Waals surface area contributed by atoms with Crippen LogP contribution >= 0.6 is 12.0 Å². The van der Waals surface area contributed by atoms with E-state index in [1.165, 1.54) is 0 Å². The van der Waals surface area contributed by atoms with Gasteiger partial charge in [-0.05, 0) is 26.2 Å². The molecule has 2 bridgehead atoms. The molecule has 0 aromatic rings. The highest BCUT2D eigenvalue weighted by Crippen LogP contribution is 2.65. The normalized spacial score (nSPS) is 31.2. The third-order valence-corrected chi connectivity index (χ3v) is 6.02. The smallest absolute Gasteiger partial charge is 0.351 e. The first-order valence-electron chi connectivity index (χ1n) is 7.47. The minimum absolute atomic E-state index is 0.137. The molecule has 0 aromatic heterocycles. The molecule has 2 atom stereocenters. The van der Waals surface area contributed by atoms with E-state index in [4.69, 9.17) is 14.7 Å². The second-order valence-corrected chi connectivity index (χ2v) is 7.68. The summed E-state index contributed by atoms with van der Waals surface area (Å²) in [5, 5.41) is 7.67. The van der Waals surface area contributed by atoms with Crippen molar-refractivity contribution < 1.29 is 42.5 Å². The maximum absolute atomic E-state index is 13.2. The zero-order chi connectivity index (χ0) is 18.2. The number of fused-ring (bicyclic) bond motifs is 2. The van der Waals surface area contributed by atoms with Gasteiger partial charge >= 0.3 is 17.2 Å². The van der Waals surface area contributed by atoms with E-state index in [0.717, 1.165) is 0 Å². The van der Waals surface area contributed by atoms with Crippen LogP contribution in [0.15, 0.2) is 0 Å². The van der Waals surface area contributed by atoms with Gasteiger partial charge in [-0.15, -0.1) is 4.33 Å². The lowest BCUT2D eigenvalue weighted by Crippen LogP contribution is -2.48. The van der Waals surface area contributed by atoms with Gasteiger partial charge in [-0.25, -0.2) is 10.1 Å². The molecule has 0 spiro atoms. The molecule has 2 unspecified atom stereocenters. The minimum atomic E-state index is -3.31. The Labute approximate surface area is 142 Å². The lowest BCUT2D eigenvalue weighted by atomic mass is 9.66. The fraction of sp³-hybridized carbons (Fsp3) is 0.857. The quantitative estimate of drug-likeness (QED) is 0.229. The van der Waals surface area contributed by atoms with Crippen LogP contribution in [0, 0.1) is 10.8 Å². The zero-order valence-corrected chi connectivity index (χ0v) is 14.4. The molecule has 0 radical (unpaired) electrons. The summed E-state index contributed by atoms with van der Waals surface area (Å²) < 4.78 is 40.6. The highest BCUT2D eigenvalue weighted by Gasteiger charge is 2.76. The highest BCUT2D eigenvalue weighted by atomic mass is 32.2. The van der Waals surface area contributed by atoms with Crippen molar-refractivity contribution in [2.75, 3.05) is 6.61 Å². The van der Waals surface area contributed by atoms with E-state index in [0.29, 0.717) is 12.8 Å². The number of hydrogen-bond acceptors (Lipinski definition) is 8. The van der Waals surface area contributed by atoms with E-state index in [-0.39, 0.29) is 25.1 Å². The summed E-state index contributed by atoms with van der Waals surface area (Å²) in [6.45, 7) is 5.08. The number of carbonyl (C=O) groups excluding carboxylic acids is 2. The van der Waals surface area contributed by atoms with Crippen molar-refractivity contribution in [3.63, 3.8) is 0 Å². The van der Waals surface area contributed by atoms with E-state index in [9.17, 15) is 18.4 Å². The molecule has 1 saturated carbocycles. The molecule has 2 aliphatic rings. The lowest BCUT2D eigenvalue weighted by Gasteiger charge is -2.34.